The molecule has 0 saturated heterocycles. The molecule has 0 aliphatic carbocycles. The Balaban J connectivity index is 0. The maximum atomic E-state index is 3.36. The van der Waals surface area contributed by atoms with Gasteiger partial charge in [-0.3, -0.25) is 0 Å². The van der Waals surface area contributed by atoms with E-state index >= 15 is 0 Å². The predicted molar refractivity (Wildman–Crippen MR) is 45.1 cm³/mol. The molecule has 0 rings (SSSR count). The van der Waals surface area contributed by atoms with Crippen LogP contribution in [0.15, 0.2) is 25.3 Å². The van der Waals surface area contributed by atoms with Gasteiger partial charge in [0.25, 0.3) is 0 Å². The molecule has 0 aromatic rings. The van der Waals surface area contributed by atoms with Gasteiger partial charge in [0.1, 0.15) is 0 Å². The van der Waals surface area contributed by atoms with Crippen molar-refractivity contribution in [3.05, 3.63) is 25.3 Å². The summed E-state index contributed by atoms with van der Waals surface area (Å²) in [5, 5.41) is 0. The molecule has 0 atom stereocenters. The molecule has 0 aliphatic rings. The summed E-state index contributed by atoms with van der Waals surface area (Å²) in [6.45, 7) is 13.6. The minimum atomic E-state index is -0.139. The minimum Gasteiger partial charge on any atom is -0.0991 e. The molecule has 48 valence electrons. The van der Waals surface area contributed by atoms with Crippen molar-refractivity contribution < 1.29 is 0 Å². The van der Waals surface area contributed by atoms with Crippen LogP contribution in [-0.4, -0.2) is 8.80 Å². The topological polar surface area (TPSA) is 0 Å². The zero-order chi connectivity index (χ0) is 6.99. The summed E-state index contributed by atoms with van der Waals surface area (Å²) in [7, 11) is -0.139. The first kappa shape index (κ1) is 10.6. The van der Waals surface area contributed by atoms with Gasteiger partial charge in [-0.05, 0) is 0 Å². The molecule has 0 N–H and O–H groups in total. The van der Waals surface area contributed by atoms with Gasteiger partial charge in [-0.25, -0.2) is 0 Å². The Bertz CT molecular complexity index is 46.7. The van der Waals surface area contributed by atoms with Gasteiger partial charge in [0, 0.05) is 8.80 Å². The van der Waals surface area contributed by atoms with E-state index in [9.17, 15) is 0 Å². The first-order chi connectivity index (χ1) is 3.65. The fraction of sp³-hybridized carbons (Fsp3) is 0.429. The van der Waals surface area contributed by atoms with E-state index in [-0.39, 0.29) is 8.80 Å². The van der Waals surface area contributed by atoms with Gasteiger partial charge in [-0.2, -0.15) is 0 Å². The summed E-state index contributed by atoms with van der Waals surface area (Å²) in [6, 6.07) is 0. The van der Waals surface area contributed by atoms with E-state index in [1.807, 2.05) is 0 Å². The van der Waals surface area contributed by atoms with Crippen LogP contribution in [0.1, 0.15) is 0 Å². The summed E-state index contributed by atoms with van der Waals surface area (Å²) in [5.74, 6) is 0. The molecule has 0 unspecified atom stereocenters. The summed E-state index contributed by atoms with van der Waals surface area (Å²) in [4.78, 5) is 0. The normalized spacial score (nSPS) is 7.00. The Morgan fingerprint density at radius 2 is 1.12 bits per heavy atom. The van der Waals surface area contributed by atoms with E-state index in [1.54, 1.807) is 12.2 Å². The molecule has 0 radical (unpaired) electrons. The average molecular weight is 128 g/mol. The highest BCUT2D eigenvalue weighted by Gasteiger charge is 1.71. The quantitative estimate of drug-likeness (QED) is 0.376. The van der Waals surface area contributed by atoms with Crippen LogP contribution in [0.2, 0.25) is 19.6 Å². The summed E-state index contributed by atoms with van der Waals surface area (Å²) in [5.41, 5.74) is 0. The largest absolute Gasteiger partial charge is 0.0991 e. The maximum Gasteiger partial charge on any atom is 0.0274 e. The first-order valence-corrected chi connectivity index (χ1v) is 6.35. The van der Waals surface area contributed by atoms with Crippen LogP contribution in [0.4, 0.5) is 0 Å². The molecular weight excluding hydrogens is 112 g/mol. The number of hydrogen-bond acceptors (Lipinski definition) is 0. The zero-order valence-corrected chi connectivity index (χ0v) is 7.30. The number of allylic oxidation sites excluding steroid dienone is 2. The lowest BCUT2D eigenvalue weighted by molar-refractivity contribution is 1.91. The Kier molecular flexibility index (Phi) is 13.1. The zero-order valence-electron chi connectivity index (χ0n) is 6.15. The average Bonchev–Trinajstić information content (AvgIpc) is 1.65. The van der Waals surface area contributed by atoms with E-state index in [2.05, 4.69) is 32.8 Å². The van der Waals surface area contributed by atoms with Crippen LogP contribution in [-0.2, 0) is 0 Å². The van der Waals surface area contributed by atoms with Crippen molar-refractivity contribution in [3.63, 3.8) is 0 Å². The fourth-order valence-electron chi connectivity index (χ4n) is 0. The van der Waals surface area contributed by atoms with Crippen molar-refractivity contribution in [3.8, 4) is 0 Å². The highest BCUT2D eigenvalue weighted by atomic mass is 28.3. The van der Waals surface area contributed by atoms with Crippen LogP contribution in [0, 0.1) is 0 Å². The molecular formula is C7H16Si. The van der Waals surface area contributed by atoms with Crippen molar-refractivity contribution >= 4 is 8.80 Å². The van der Waals surface area contributed by atoms with Crippen molar-refractivity contribution in [1.82, 2.24) is 0 Å². The van der Waals surface area contributed by atoms with E-state index in [0.29, 0.717) is 0 Å². The van der Waals surface area contributed by atoms with Crippen LogP contribution < -0.4 is 0 Å². The molecule has 8 heavy (non-hydrogen) atoms. The predicted octanol–water partition coefficient (Wildman–Crippen LogP) is 2.46. The van der Waals surface area contributed by atoms with Crippen LogP contribution in [0.3, 0.4) is 0 Å². The lowest BCUT2D eigenvalue weighted by atomic mass is 10.6. The lowest BCUT2D eigenvalue weighted by Gasteiger charge is -1.75. The summed E-state index contributed by atoms with van der Waals surface area (Å²) in [6.07, 6.45) is 3.28. The molecule has 0 aliphatic heterocycles. The van der Waals surface area contributed by atoms with Gasteiger partial charge in [0.15, 0.2) is 0 Å². The van der Waals surface area contributed by atoms with Crippen LogP contribution in [0.5, 0.6) is 0 Å². The summed E-state index contributed by atoms with van der Waals surface area (Å²) < 4.78 is 0. The van der Waals surface area contributed by atoms with Gasteiger partial charge in [0.2, 0.25) is 0 Å². The highest BCUT2D eigenvalue weighted by molar-refractivity contribution is 6.54. The van der Waals surface area contributed by atoms with Crippen molar-refractivity contribution in [2.24, 2.45) is 0 Å². The van der Waals surface area contributed by atoms with E-state index in [1.165, 1.54) is 0 Å². The molecule has 1 heteroatoms. The van der Waals surface area contributed by atoms with Gasteiger partial charge in [0.05, 0.1) is 0 Å². The molecule has 0 bridgehead atoms. The lowest BCUT2D eigenvalue weighted by Crippen LogP contribution is -1.84. The summed E-state index contributed by atoms with van der Waals surface area (Å²) >= 11 is 0. The van der Waals surface area contributed by atoms with Crippen molar-refractivity contribution in [1.29, 1.82) is 0 Å². The van der Waals surface area contributed by atoms with Crippen molar-refractivity contribution in [2.45, 2.75) is 19.6 Å². The standard InChI is InChI=1S/C4H6.C3H10Si/c1-3-4-2;1-4(2)3/h3-4H,1-2H2;4H,1-3H3. The maximum absolute atomic E-state index is 3.36. The molecule has 0 aromatic heterocycles. The van der Waals surface area contributed by atoms with Gasteiger partial charge in [-0.1, -0.05) is 45.0 Å². The monoisotopic (exact) mass is 128 g/mol. The van der Waals surface area contributed by atoms with E-state index in [4.69, 9.17) is 0 Å². The van der Waals surface area contributed by atoms with Gasteiger partial charge >= 0.3 is 0 Å². The van der Waals surface area contributed by atoms with Gasteiger partial charge < -0.3 is 0 Å². The number of rotatable bonds is 1. The second-order valence-corrected chi connectivity index (χ2v) is 5.67. The fourth-order valence-corrected chi connectivity index (χ4v) is 0. The number of hydrogen-bond donors (Lipinski definition) is 0. The van der Waals surface area contributed by atoms with Crippen LogP contribution >= 0.6 is 0 Å². The van der Waals surface area contributed by atoms with E-state index in [0.717, 1.165) is 0 Å². The second-order valence-electron chi connectivity index (χ2n) is 2.20. The highest BCUT2D eigenvalue weighted by Crippen LogP contribution is 1.68. The Labute approximate surface area is 54.5 Å². The van der Waals surface area contributed by atoms with Gasteiger partial charge in [-0.15, -0.1) is 0 Å². The molecule has 0 fully saturated rings. The van der Waals surface area contributed by atoms with Crippen molar-refractivity contribution in [2.75, 3.05) is 0 Å². The third kappa shape index (κ3) is 259. The molecule has 0 spiro atoms. The molecule has 0 saturated carbocycles. The SMILES string of the molecule is C=CC=C.C[SiH](C)C. The van der Waals surface area contributed by atoms with Crippen LogP contribution in [0.25, 0.3) is 0 Å². The molecule has 0 amide bonds. The van der Waals surface area contributed by atoms with E-state index < -0.39 is 0 Å². The Hall–Kier alpha value is -0.303. The minimum absolute atomic E-state index is 0.139. The second kappa shape index (κ2) is 9.85. The Morgan fingerprint density at radius 3 is 1.12 bits per heavy atom. The Morgan fingerprint density at radius 1 is 1.00 bits per heavy atom. The molecule has 0 aromatic carbocycles. The third-order valence-corrected chi connectivity index (χ3v) is 0.167. The molecule has 0 heterocycles. The smallest absolute Gasteiger partial charge is 0.0274 e. The third-order valence-electron chi connectivity index (χ3n) is 0.167. The first-order valence-electron chi connectivity index (χ1n) is 2.88. The molecule has 0 nitrogen and oxygen atoms in total.